The molecule has 1 atom stereocenters. The summed E-state index contributed by atoms with van der Waals surface area (Å²) in [6.07, 6.45) is 0.234. The van der Waals surface area contributed by atoms with Crippen LogP contribution in [0, 0.1) is 5.82 Å². The van der Waals surface area contributed by atoms with Crippen LogP contribution in [-0.2, 0) is 10.0 Å². The summed E-state index contributed by atoms with van der Waals surface area (Å²) in [5.41, 5.74) is -0.624. The lowest BCUT2D eigenvalue weighted by molar-refractivity contribution is 0.0696. The molecule has 0 fully saturated rings. The highest BCUT2D eigenvalue weighted by Crippen LogP contribution is 2.24. The van der Waals surface area contributed by atoms with Gasteiger partial charge >= 0.3 is 5.97 Å². The van der Waals surface area contributed by atoms with Crippen LogP contribution in [0.5, 0.6) is 0 Å². The molecular formula is C12H15ClFNO5S. The monoisotopic (exact) mass is 339 g/mol. The quantitative estimate of drug-likeness (QED) is 0.655. The minimum atomic E-state index is -4.05. The summed E-state index contributed by atoms with van der Waals surface area (Å²) in [6, 6.07) is 1.45. The lowest BCUT2D eigenvalue weighted by atomic mass is 10.2. The maximum Gasteiger partial charge on any atom is 0.337 e. The summed E-state index contributed by atoms with van der Waals surface area (Å²) in [5.74, 6) is -2.65. The van der Waals surface area contributed by atoms with E-state index < -0.39 is 43.4 Å². The Hall–Kier alpha value is -1.22. The fourth-order valence-electron chi connectivity index (χ4n) is 1.56. The molecule has 0 bridgehead atoms. The van der Waals surface area contributed by atoms with E-state index in [1.165, 1.54) is 0 Å². The summed E-state index contributed by atoms with van der Waals surface area (Å²) in [6.45, 7) is 1.61. The fourth-order valence-corrected chi connectivity index (χ4v) is 2.86. The van der Waals surface area contributed by atoms with E-state index >= 15 is 0 Å². The number of sulfonamides is 1. The average Bonchev–Trinajstić information content (AvgIpc) is 2.37. The smallest absolute Gasteiger partial charge is 0.337 e. The molecule has 1 aromatic rings. The van der Waals surface area contributed by atoms with E-state index in [1.54, 1.807) is 6.92 Å². The van der Waals surface area contributed by atoms with Crippen LogP contribution in [-0.4, -0.2) is 37.2 Å². The number of carboxylic acids is 1. The van der Waals surface area contributed by atoms with Gasteiger partial charge in [0.15, 0.2) is 0 Å². The zero-order valence-corrected chi connectivity index (χ0v) is 12.7. The third kappa shape index (κ3) is 4.92. The molecule has 0 amide bonds. The third-order valence-corrected chi connectivity index (χ3v) is 4.46. The highest BCUT2D eigenvalue weighted by Gasteiger charge is 2.21. The lowest BCUT2D eigenvalue weighted by Crippen LogP contribution is -2.26. The molecule has 0 saturated carbocycles. The van der Waals surface area contributed by atoms with Gasteiger partial charge in [0.05, 0.1) is 21.6 Å². The van der Waals surface area contributed by atoms with E-state index in [0.29, 0.717) is 18.9 Å². The van der Waals surface area contributed by atoms with Gasteiger partial charge in [-0.05, 0) is 31.9 Å². The van der Waals surface area contributed by atoms with E-state index in [2.05, 4.69) is 4.72 Å². The molecule has 0 aliphatic rings. The number of rotatable bonds is 7. The highest BCUT2D eigenvalue weighted by atomic mass is 35.5. The molecule has 1 unspecified atom stereocenters. The highest BCUT2D eigenvalue weighted by molar-refractivity contribution is 7.89. The molecule has 6 nitrogen and oxygen atoms in total. The number of nitrogens with one attached hydrogen (secondary N) is 1. The minimum Gasteiger partial charge on any atom is -0.478 e. The van der Waals surface area contributed by atoms with Crippen LogP contribution in [0.2, 0.25) is 5.02 Å². The van der Waals surface area contributed by atoms with Gasteiger partial charge in [-0.1, -0.05) is 11.6 Å². The second kappa shape index (κ2) is 7.17. The third-order valence-electron chi connectivity index (χ3n) is 2.63. The van der Waals surface area contributed by atoms with Crippen molar-refractivity contribution in [1.82, 2.24) is 4.72 Å². The molecule has 118 valence electrons. The van der Waals surface area contributed by atoms with Gasteiger partial charge in [0, 0.05) is 6.54 Å². The first-order valence-electron chi connectivity index (χ1n) is 6.05. The second-order valence-corrected chi connectivity index (χ2v) is 6.61. The van der Waals surface area contributed by atoms with E-state index in [-0.39, 0.29) is 6.54 Å². The van der Waals surface area contributed by atoms with Crippen LogP contribution in [0.4, 0.5) is 4.39 Å². The van der Waals surface area contributed by atoms with Gasteiger partial charge in [0.1, 0.15) is 5.82 Å². The number of carbonyl (C=O) groups is 1. The molecule has 9 heteroatoms. The first-order chi connectivity index (χ1) is 9.65. The van der Waals surface area contributed by atoms with Gasteiger partial charge in [0.2, 0.25) is 10.0 Å². The molecule has 0 spiro atoms. The number of hydrogen-bond donors (Lipinski definition) is 3. The van der Waals surface area contributed by atoms with E-state index in [9.17, 15) is 17.6 Å². The Morgan fingerprint density at radius 3 is 2.62 bits per heavy atom. The van der Waals surface area contributed by atoms with Crippen LogP contribution in [0.3, 0.4) is 0 Å². The number of halogens is 2. The summed E-state index contributed by atoms with van der Waals surface area (Å²) in [4.78, 5) is 10.4. The van der Waals surface area contributed by atoms with Crippen molar-refractivity contribution < 1.29 is 27.8 Å². The second-order valence-electron chi connectivity index (χ2n) is 4.46. The Kier molecular flexibility index (Phi) is 6.09. The Bertz CT molecular complexity index is 633. The summed E-state index contributed by atoms with van der Waals surface area (Å²) in [5, 5.41) is 17.3. The van der Waals surface area contributed by atoms with Gasteiger partial charge in [-0.2, -0.15) is 0 Å². The normalized spacial score (nSPS) is 13.1. The van der Waals surface area contributed by atoms with Gasteiger partial charge in [-0.15, -0.1) is 0 Å². The Labute approximate surface area is 126 Å². The molecule has 0 aliphatic carbocycles. The topological polar surface area (TPSA) is 104 Å². The Morgan fingerprint density at radius 2 is 2.10 bits per heavy atom. The van der Waals surface area contributed by atoms with Crippen LogP contribution >= 0.6 is 11.6 Å². The number of carboxylic acid groups (broad SMARTS) is 1. The van der Waals surface area contributed by atoms with E-state index in [4.69, 9.17) is 21.8 Å². The maximum atomic E-state index is 13.5. The van der Waals surface area contributed by atoms with Gasteiger partial charge in [-0.25, -0.2) is 22.3 Å². The first kappa shape index (κ1) is 17.8. The van der Waals surface area contributed by atoms with Crippen LogP contribution in [0.25, 0.3) is 0 Å². The van der Waals surface area contributed by atoms with Crippen molar-refractivity contribution in [2.45, 2.75) is 30.8 Å². The molecular weight excluding hydrogens is 325 g/mol. The summed E-state index contributed by atoms with van der Waals surface area (Å²) in [7, 11) is -4.05. The van der Waals surface area contributed by atoms with Crippen molar-refractivity contribution in [2.24, 2.45) is 0 Å². The van der Waals surface area contributed by atoms with Gasteiger partial charge in [0.25, 0.3) is 0 Å². The first-order valence-corrected chi connectivity index (χ1v) is 7.91. The molecule has 21 heavy (non-hydrogen) atoms. The minimum absolute atomic E-state index is 0.0416. The summed E-state index contributed by atoms with van der Waals surface area (Å²) < 4.78 is 39.6. The molecule has 0 heterocycles. The van der Waals surface area contributed by atoms with Crippen molar-refractivity contribution >= 4 is 27.6 Å². The van der Waals surface area contributed by atoms with Crippen molar-refractivity contribution in [3.8, 4) is 0 Å². The fraction of sp³-hybridized carbons (Fsp3) is 0.417. The molecule has 1 rings (SSSR count). The molecule has 3 N–H and O–H groups in total. The van der Waals surface area contributed by atoms with Gasteiger partial charge in [-0.3, -0.25) is 0 Å². The van der Waals surface area contributed by atoms with E-state index in [1.807, 2.05) is 0 Å². The number of aliphatic hydroxyl groups is 1. The van der Waals surface area contributed by atoms with E-state index in [0.717, 1.165) is 6.07 Å². The van der Waals surface area contributed by atoms with Crippen LogP contribution in [0.15, 0.2) is 17.0 Å². The van der Waals surface area contributed by atoms with Crippen molar-refractivity contribution in [3.63, 3.8) is 0 Å². The molecule has 0 radical (unpaired) electrons. The lowest BCUT2D eigenvalue weighted by Gasteiger charge is -2.09. The molecule has 0 saturated heterocycles. The van der Waals surface area contributed by atoms with Crippen LogP contribution in [0.1, 0.15) is 30.1 Å². The van der Waals surface area contributed by atoms with Gasteiger partial charge < -0.3 is 10.2 Å². The number of hydrogen-bond acceptors (Lipinski definition) is 4. The predicted octanol–water partition coefficient (Wildman–Crippen LogP) is 1.62. The molecule has 0 aliphatic heterocycles. The predicted molar refractivity (Wildman–Crippen MR) is 74.5 cm³/mol. The zero-order valence-electron chi connectivity index (χ0n) is 11.1. The number of aromatic carboxylic acids is 1. The Morgan fingerprint density at radius 1 is 1.48 bits per heavy atom. The number of benzene rings is 1. The zero-order chi connectivity index (χ0) is 16.2. The van der Waals surface area contributed by atoms with Crippen molar-refractivity contribution in [2.75, 3.05) is 6.54 Å². The SMILES string of the molecule is CC(O)CCCNS(=O)(=O)c1cc(F)c(Cl)c(C(=O)O)c1. The maximum absolute atomic E-state index is 13.5. The molecule has 1 aromatic carbocycles. The summed E-state index contributed by atoms with van der Waals surface area (Å²) >= 11 is 5.47. The van der Waals surface area contributed by atoms with Crippen molar-refractivity contribution in [3.05, 3.63) is 28.5 Å². The standard InChI is InChI=1S/C12H15ClFNO5S/c1-7(16)3-2-4-15-21(19,20)8-5-9(12(17)18)11(13)10(14)6-8/h5-7,15-16H,2-4H2,1H3,(H,17,18). The largest absolute Gasteiger partial charge is 0.478 e. The van der Waals surface area contributed by atoms with Crippen molar-refractivity contribution in [1.29, 1.82) is 0 Å². The average molecular weight is 340 g/mol. The Balaban J connectivity index is 2.96. The molecule has 0 aromatic heterocycles. The van der Waals surface area contributed by atoms with Crippen LogP contribution < -0.4 is 4.72 Å². The number of aliphatic hydroxyl groups excluding tert-OH is 1.